The molecule has 2 heterocycles. The Morgan fingerprint density at radius 2 is 2.04 bits per heavy atom. The molecule has 0 atom stereocenters. The fraction of sp³-hybridized carbons (Fsp3) is 0.167. The van der Waals surface area contributed by atoms with E-state index in [9.17, 15) is 4.79 Å². The minimum absolute atomic E-state index is 0.161. The van der Waals surface area contributed by atoms with Gasteiger partial charge in [0.2, 0.25) is 17.0 Å². The standard InChI is InChI=1S/C18H19N7O2S/c1-12(13-7-9-19-10-8-13)22-23-17-21-18(25-24-17)28-11-16(26)20-14-5-3-4-6-15(14)27-2/h3-10H,11H2,1-2H3,(H,20,26)(H2,21,23,24,25)/b22-12+. The highest BCUT2D eigenvalue weighted by molar-refractivity contribution is 7.99. The van der Waals surface area contributed by atoms with Crippen molar-refractivity contribution >= 4 is 35.0 Å². The molecule has 10 heteroatoms. The molecule has 3 N–H and O–H groups in total. The monoisotopic (exact) mass is 397 g/mol. The second kappa shape index (κ2) is 9.51. The van der Waals surface area contributed by atoms with Gasteiger partial charge in [-0.05, 0) is 31.2 Å². The van der Waals surface area contributed by atoms with Crippen LogP contribution in [0, 0.1) is 0 Å². The lowest BCUT2D eigenvalue weighted by Crippen LogP contribution is -2.14. The third-order valence-corrected chi connectivity index (χ3v) is 4.45. The summed E-state index contributed by atoms with van der Waals surface area (Å²) < 4.78 is 5.22. The second-order valence-electron chi connectivity index (χ2n) is 5.55. The van der Waals surface area contributed by atoms with E-state index >= 15 is 0 Å². The van der Waals surface area contributed by atoms with Gasteiger partial charge in [0, 0.05) is 18.0 Å². The topological polar surface area (TPSA) is 117 Å². The zero-order chi connectivity index (χ0) is 19.8. The number of ether oxygens (including phenoxy) is 1. The fourth-order valence-electron chi connectivity index (χ4n) is 2.22. The van der Waals surface area contributed by atoms with Gasteiger partial charge in [-0.25, -0.2) is 10.5 Å². The number of carbonyl (C=O) groups excluding carboxylic acids is 1. The van der Waals surface area contributed by atoms with Crippen molar-refractivity contribution in [3.8, 4) is 5.75 Å². The molecule has 0 spiro atoms. The first kappa shape index (κ1) is 19.4. The minimum atomic E-state index is -0.180. The van der Waals surface area contributed by atoms with E-state index in [1.807, 2.05) is 31.2 Å². The molecule has 0 saturated carbocycles. The summed E-state index contributed by atoms with van der Waals surface area (Å²) in [6.07, 6.45) is 3.40. The van der Waals surface area contributed by atoms with Gasteiger partial charge in [0.15, 0.2) is 0 Å². The maximum absolute atomic E-state index is 12.1. The van der Waals surface area contributed by atoms with Crippen molar-refractivity contribution in [1.82, 2.24) is 20.2 Å². The van der Waals surface area contributed by atoms with Crippen molar-refractivity contribution in [2.45, 2.75) is 12.1 Å². The SMILES string of the molecule is COc1ccccc1NC(=O)CSc1n[nH]c(N/N=C(\C)c2ccncc2)n1. The maximum Gasteiger partial charge on any atom is 0.240 e. The number of aromatic nitrogens is 4. The van der Waals surface area contributed by atoms with E-state index in [2.05, 4.69) is 36.0 Å². The molecule has 3 rings (SSSR count). The smallest absolute Gasteiger partial charge is 0.240 e. The van der Waals surface area contributed by atoms with Crippen LogP contribution in [0.3, 0.4) is 0 Å². The number of hydrogen-bond acceptors (Lipinski definition) is 8. The van der Waals surface area contributed by atoms with Crippen LogP contribution in [0.25, 0.3) is 0 Å². The number of amides is 1. The van der Waals surface area contributed by atoms with Crippen LogP contribution in [0.1, 0.15) is 12.5 Å². The van der Waals surface area contributed by atoms with Gasteiger partial charge in [-0.3, -0.25) is 9.78 Å². The van der Waals surface area contributed by atoms with Crippen LogP contribution in [0.2, 0.25) is 0 Å². The Morgan fingerprint density at radius 1 is 1.25 bits per heavy atom. The number of benzene rings is 1. The molecular weight excluding hydrogens is 378 g/mol. The number of anilines is 2. The summed E-state index contributed by atoms with van der Waals surface area (Å²) in [6, 6.07) is 11.0. The van der Waals surface area contributed by atoms with Crippen molar-refractivity contribution in [2.75, 3.05) is 23.6 Å². The van der Waals surface area contributed by atoms with Crippen LogP contribution in [-0.2, 0) is 4.79 Å². The molecule has 0 aliphatic heterocycles. The molecular formula is C18H19N7O2S. The summed E-state index contributed by atoms with van der Waals surface area (Å²) in [5, 5.41) is 14.3. The van der Waals surface area contributed by atoms with E-state index in [0.29, 0.717) is 22.5 Å². The van der Waals surface area contributed by atoms with E-state index < -0.39 is 0 Å². The number of para-hydroxylation sites is 2. The number of rotatable bonds is 8. The molecule has 0 bridgehead atoms. The molecule has 144 valence electrons. The number of hydrazone groups is 1. The molecule has 1 aromatic carbocycles. The van der Waals surface area contributed by atoms with Crippen LogP contribution in [0.15, 0.2) is 59.0 Å². The molecule has 0 unspecified atom stereocenters. The van der Waals surface area contributed by atoms with Gasteiger partial charge in [0.1, 0.15) is 5.75 Å². The molecule has 0 radical (unpaired) electrons. The van der Waals surface area contributed by atoms with Gasteiger partial charge in [0.25, 0.3) is 0 Å². The summed E-state index contributed by atoms with van der Waals surface area (Å²) in [4.78, 5) is 20.4. The van der Waals surface area contributed by atoms with Crippen molar-refractivity contribution < 1.29 is 9.53 Å². The third-order valence-electron chi connectivity index (χ3n) is 3.61. The van der Waals surface area contributed by atoms with Gasteiger partial charge < -0.3 is 10.1 Å². The number of H-pyrrole nitrogens is 1. The Kier molecular flexibility index (Phi) is 6.58. The lowest BCUT2D eigenvalue weighted by molar-refractivity contribution is -0.113. The van der Waals surface area contributed by atoms with E-state index in [4.69, 9.17) is 4.74 Å². The predicted molar refractivity (Wildman–Crippen MR) is 109 cm³/mol. The minimum Gasteiger partial charge on any atom is -0.495 e. The number of methoxy groups -OCH3 is 1. The fourth-order valence-corrected chi connectivity index (χ4v) is 2.82. The largest absolute Gasteiger partial charge is 0.495 e. The summed E-state index contributed by atoms with van der Waals surface area (Å²) >= 11 is 1.21. The van der Waals surface area contributed by atoms with Crippen molar-refractivity contribution in [1.29, 1.82) is 0 Å². The lowest BCUT2D eigenvalue weighted by atomic mass is 10.2. The van der Waals surface area contributed by atoms with Crippen LogP contribution < -0.4 is 15.5 Å². The molecule has 0 aliphatic carbocycles. The normalized spacial score (nSPS) is 11.1. The highest BCUT2D eigenvalue weighted by Crippen LogP contribution is 2.23. The molecule has 9 nitrogen and oxygen atoms in total. The summed E-state index contributed by atoms with van der Waals surface area (Å²) in [5.41, 5.74) is 5.16. The molecule has 28 heavy (non-hydrogen) atoms. The first-order chi connectivity index (χ1) is 13.7. The average molecular weight is 397 g/mol. The Bertz CT molecular complexity index is 959. The number of nitrogens with zero attached hydrogens (tertiary/aromatic N) is 4. The molecule has 0 aliphatic rings. The van der Waals surface area contributed by atoms with E-state index in [-0.39, 0.29) is 11.7 Å². The molecule has 0 saturated heterocycles. The van der Waals surface area contributed by atoms with Crippen LogP contribution in [0.5, 0.6) is 5.75 Å². The number of nitrogens with one attached hydrogen (secondary N) is 3. The number of thioether (sulfide) groups is 1. The highest BCUT2D eigenvalue weighted by Gasteiger charge is 2.10. The predicted octanol–water partition coefficient (Wildman–Crippen LogP) is 2.78. The maximum atomic E-state index is 12.1. The summed E-state index contributed by atoms with van der Waals surface area (Å²) in [6.45, 7) is 1.87. The van der Waals surface area contributed by atoms with Gasteiger partial charge in [-0.15, -0.1) is 5.10 Å². The van der Waals surface area contributed by atoms with Gasteiger partial charge in [0.05, 0.1) is 24.3 Å². The average Bonchev–Trinajstić information content (AvgIpc) is 3.19. The van der Waals surface area contributed by atoms with E-state index in [1.54, 1.807) is 31.6 Å². The lowest BCUT2D eigenvalue weighted by Gasteiger charge is -2.08. The number of hydrogen-bond donors (Lipinski definition) is 3. The quantitative estimate of drug-likeness (QED) is 0.304. The molecule has 0 fully saturated rings. The Balaban J connectivity index is 1.51. The Hall–Kier alpha value is -3.40. The summed E-state index contributed by atoms with van der Waals surface area (Å²) in [7, 11) is 1.56. The summed E-state index contributed by atoms with van der Waals surface area (Å²) in [5.74, 6) is 0.975. The third kappa shape index (κ3) is 5.30. The first-order valence-corrected chi connectivity index (χ1v) is 9.33. The first-order valence-electron chi connectivity index (χ1n) is 8.34. The zero-order valence-electron chi connectivity index (χ0n) is 15.3. The van der Waals surface area contributed by atoms with Crippen molar-refractivity contribution in [3.05, 3.63) is 54.4 Å². The van der Waals surface area contributed by atoms with Crippen molar-refractivity contribution in [3.63, 3.8) is 0 Å². The van der Waals surface area contributed by atoms with Crippen LogP contribution in [0.4, 0.5) is 11.6 Å². The zero-order valence-corrected chi connectivity index (χ0v) is 16.2. The molecule has 1 amide bonds. The Morgan fingerprint density at radius 3 is 2.82 bits per heavy atom. The van der Waals surface area contributed by atoms with Gasteiger partial charge in [-0.2, -0.15) is 10.1 Å². The van der Waals surface area contributed by atoms with Crippen LogP contribution in [-0.4, -0.2) is 44.6 Å². The number of carbonyl (C=O) groups is 1. The van der Waals surface area contributed by atoms with E-state index in [0.717, 1.165) is 11.3 Å². The highest BCUT2D eigenvalue weighted by atomic mass is 32.2. The van der Waals surface area contributed by atoms with Gasteiger partial charge in [-0.1, -0.05) is 23.9 Å². The number of aromatic amines is 1. The molecule has 2 aromatic heterocycles. The van der Waals surface area contributed by atoms with Crippen LogP contribution >= 0.6 is 11.8 Å². The van der Waals surface area contributed by atoms with Crippen molar-refractivity contribution in [2.24, 2.45) is 5.10 Å². The Labute approximate surface area is 166 Å². The number of pyridine rings is 1. The molecule has 3 aromatic rings. The van der Waals surface area contributed by atoms with Gasteiger partial charge >= 0.3 is 0 Å². The second-order valence-corrected chi connectivity index (χ2v) is 6.49. The van der Waals surface area contributed by atoms with E-state index in [1.165, 1.54) is 11.8 Å².